The molecule has 1 aliphatic rings. The van der Waals surface area contributed by atoms with Gasteiger partial charge in [-0.2, -0.15) is 21.6 Å². The number of aryl methyl sites for hydroxylation is 2. The molecule has 1 heterocycles. The highest BCUT2D eigenvalue weighted by atomic mass is 32.2. The third-order valence-corrected chi connectivity index (χ3v) is 6.84. The molecule has 0 amide bonds. The van der Waals surface area contributed by atoms with E-state index in [0.717, 1.165) is 30.4 Å². The van der Waals surface area contributed by atoms with Gasteiger partial charge in [-0.3, -0.25) is 4.18 Å². The Morgan fingerprint density at radius 1 is 1.00 bits per heavy atom. The van der Waals surface area contributed by atoms with E-state index in [-0.39, 0.29) is 11.3 Å². The summed E-state index contributed by atoms with van der Waals surface area (Å²) in [4.78, 5) is -0.0587. The molecule has 0 saturated heterocycles. The first-order valence-electron chi connectivity index (χ1n) is 9.88. The van der Waals surface area contributed by atoms with Crippen molar-refractivity contribution in [2.75, 3.05) is 7.11 Å². The molecule has 4 rings (SSSR count). The molecule has 0 aromatic heterocycles. The zero-order valence-corrected chi connectivity index (χ0v) is 18.5. The van der Waals surface area contributed by atoms with Crippen molar-refractivity contribution in [2.24, 2.45) is 0 Å². The molecule has 1 atom stereocenters. The summed E-state index contributed by atoms with van der Waals surface area (Å²) < 4.78 is 76.6. The molecule has 0 saturated carbocycles. The van der Waals surface area contributed by atoms with Crippen molar-refractivity contribution < 1.29 is 30.5 Å². The Hall–Kier alpha value is -2.84. The number of benzene rings is 3. The maximum atomic E-state index is 13.6. The molecule has 0 N–H and O–H groups in total. The largest absolute Gasteiger partial charge is 0.484 e. The minimum Gasteiger partial charge on any atom is -0.484 e. The number of rotatable bonds is 4. The second-order valence-corrected chi connectivity index (χ2v) is 9.53. The number of ether oxygens (including phenoxy) is 1. The van der Waals surface area contributed by atoms with Crippen LogP contribution in [0.3, 0.4) is 0 Å². The summed E-state index contributed by atoms with van der Waals surface area (Å²) in [5.41, 5.74) is 2.58. The van der Waals surface area contributed by atoms with Crippen LogP contribution in [-0.4, -0.2) is 15.5 Å². The Kier molecular flexibility index (Phi) is 5.55. The highest BCUT2D eigenvalue weighted by molar-refractivity contribution is 7.86. The van der Waals surface area contributed by atoms with E-state index in [4.69, 9.17) is 4.74 Å². The maximum Gasteiger partial charge on any atom is 0.416 e. The standard InChI is InChI=1S/C24H21F3O4S/c1-14-5-4-6-16(9-14)19-13-18(24(25,26)27)11-17-12-21(31-23(17)19)20-10-15(2)7-8-22(20)32(28,29)30-3/h4-11,13,21H,12H2,1-3H3. The number of halogens is 3. The molecule has 0 fully saturated rings. The minimum absolute atomic E-state index is 0.0587. The highest BCUT2D eigenvalue weighted by Gasteiger charge is 2.37. The Balaban J connectivity index is 1.87. The molecule has 1 unspecified atom stereocenters. The Bertz CT molecular complexity index is 1300. The lowest BCUT2D eigenvalue weighted by Crippen LogP contribution is -2.12. The van der Waals surface area contributed by atoms with Crippen molar-refractivity contribution in [3.8, 4) is 16.9 Å². The van der Waals surface area contributed by atoms with E-state index in [9.17, 15) is 21.6 Å². The van der Waals surface area contributed by atoms with E-state index in [1.54, 1.807) is 37.3 Å². The van der Waals surface area contributed by atoms with Gasteiger partial charge in [0.1, 0.15) is 16.7 Å². The van der Waals surface area contributed by atoms with Gasteiger partial charge in [-0.1, -0.05) is 47.5 Å². The lowest BCUT2D eigenvalue weighted by atomic mass is 9.95. The molecule has 168 valence electrons. The molecule has 0 radical (unpaired) electrons. The first-order valence-corrected chi connectivity index (χ1v) is 11.3. The van der Waals surface area contributed by atoms with Crippen LogP contribution in [0.25, 0.3) is 11.1 Å². The molecular weight excluding hydrogens is 441 g/mol. The summed E-state index contributed by atoms with van der Waals surface area (Å²) in [6, 6.07) is 14.0. The summed E-state index contributed by atoms with van der Waals surface area (Å²) in [6.45, 7) is 3.66. The summed E-state index contributed by atoms with van der Waals surface area (Å²) in [7, 11) is -2.97. The van der Waals surface area contributed by atoms with Gasteiger partial charge in [0.2, 0.25) is 0 Å². The molecule has 0 aliphatic carbocycles. The van der Waals surface area contributed by atoms with Gasteiger partial charge in [0.05, 0.1) is 12.7 Å². The molecule has 4 nitrogen and oxygen atoms in total. The van der Waals surface area contributed by atoms with Crippen molar-refractivity contribution in [2.45, 2.75) is 37.4 Å². The summed E-state index contributed by atoms with van der Waals surface area (Å²) in [5, 5.41) is 0. The van der Waals surface area contributed by atoms with Gasteiger partial charge in [-0.15, -0.1) is 0 Å². The lowest BCUT2D eigenvalue weighted by Gasteiger charge is -2.17. The SMILES string of the molecule is COS(=O)(=O)c1ccc(C)cc1C1Cc2cc(C(F)(F)F)cc(-c3cccc(C)c3)c2O1. The summed E-state index contributed by atoms with van der Waals surface area (Å²) in [6.07, 6.45) is -5.19. The van der Waals surface area contributed by atoms with Gasteiger partial charge in [-0.05, 0) is 43.2 Å². The van der Waals surface area contributed by atoms with Gasteiger partial charge in [0, 0.05) is 17.5 Å². The molecule has 0 bridgehead atoms. The topological polar surface area (TPSA) is 52.6 Å². The van der Waals surface area contributed by atoms with Crippen LogP contribution in [0.5, 0.6) is 5.75 Å². The number of alkyl halides is 3. The lowest BCUT2D eigenvalue weighted by molar-refractivity contribution is -0.137. The number of hydrogen-bond donors (Lipinski definition) is 0. The van der Waals surface area contributed by atoms with E-state index in [1.807, 2.05) is 13.0 Å². The van der Waals surface area contributed by atoms with Crippen LogP contribution >= 0.6 is 0 Å². The smallest absolute Gasteiger partial charge is 0.416 e. The molecular formula is C24H21F3O4S. The van der Waals surface area contributed by atoms with Crippen molar-refractivity contribution >= 4 is 10.1 Å². The first-order chi connectivity index (χ1) is 15.0. The molecule has 0 spiro atoms. The maximum absolute atomic E-state index is 13.6. The summed E-state index contributed by atoms with van der Waals surface area (Å²) in [5.74, 6) is 0.330. The average Bonchev–Trinajstić information content (AvgIpc) is 3.16. The highest BCUT2D eigenvalue weighted by Crippen LogP contribution is 2.47. The Morgan fingerprint density at radius 2 is 1.72 bits per heavy atom. The van der Waals surface area contributed by atoms with Gasteiger partial charge >= 0.3 is 6.18 Å². The zero-order chi connectivity index (χ0) is 23.3. The van der Waals surface area contributed by atoms with Crippen LogP contribution in [-0.2, 0) is 26.9 Å². The van der Waals surface area contributed by atoms with E-state index in [0.29, 0.717) is 28.0 Å². The van der Waals surface area contributed by atoms with Crippen LogP contribution in [0.2, 0.25) is 0 Å². The summed E-state index contributed by atoms with van der Waals surface area (Å²) >= 11 is 0. The van der Waals surface area contributed by atoms with E-state index in [2.05, 4.69) is 4.18 Å². The van der Waals surface area contributed by atoms with E-state index in [1.165, 1.54) is 6.07 Å². The molecule has 3 aromatic rings. The minimum atomic E-state index is -4.53. The van der Waals surface area contributed by atoms with Crippen LogP contribution < -0.4 is 4.74 Å². The third kappa shape index (κ3) is 4.12. The predicted octanol–water partition coefficient (Wildman–Crippen LogP) is 6.00. The van der Waals surface area contributed by atoms with Crippen molar-refractivity contribution in [1.82, 2.24) is 0 Å². The number of fused-ring (bicyclic) bond motifs is 1. The fraction of sp³-hybridized carbons (Fsp3) is 0.250. The van der Waals surface area contributed by atoms with Crippen LogP contribution in [0.1, 0.15) is 33.9 Å². The molecule has 32 heavy (non-hydrogen) atoms. The first kappa shape index (κ1) is 22.4. The molecule has 1 aliphatic heterocycles. The van der Waals surface area contributed by atoms with E-state index < -0.39 is 28.0 Å². The van der Waals surface area contributed by atoms with Crippen molar-refractivity contribution in [3.63, 3.8) is 0 Å². The van der Waals surface area contributed by atoms with Crippen LogP contribution in [0.4, 0.5) is 13.2 Å². The van der Waals surface area contributed by atoms with Gasteiger partial charge in [0.15, 0.2) is 0 Å². The average molecular weight is 462 g/mol. The van der Waals surface area contributed by atoms with Gasteiger partial charge < -0.3 is 4.74 Å². The van der Waals surface area contributed by atoms with Crippen molar-refractivity contribution in [3.05, 3.63) is 82.4 Å². The normalized spacial score (nSPS) is 16.0. The fourth-order valence-corrected chi connectivity index (χ4v) is 4.86. The Morgan fingerprint density at radius 3 is 2.38 bits per heavy atom. The van der Waals surface area contributed by atoms with Gasteiger partial charge in [-0.25, -0.2) is 0 Å². The molecule has 8 heteroatoms. The van der Waals surface area contributed by atoms with Crippen molar-refractivity contribution in [1.29, 1.82) is 0 Å². The number of hydrogen-bond acceptors (Lipinski definition) is 4. The Labute approximate surface area is 184 Å². The monoisotopic (exact) mass is 462 g/mol. The molecule has 3 aromatic carbocycles. The zero-order valence-electron chi connectivity index (χ0n) is 17.7. The van der Waals surface area contributed by atoms with E-state index >= 15 is 0 Å². The van der Waals surface area contributed by atoms with Gasteiger partial charge in [0.25, 0.3) is 10.1 Å². The third-order valence-electron chi connectivity index (χ3n) is 5.49. The second-order valence-electron chi connectivity index (χ2n) is 7.85. The van der Waals surface area contributed by atoms with Crippen LogP contribution in [0, 0.1) is 13.8 Å². The second kappa shape index (κ2) is 7.94. The fourth-order valence-electron chi connectivity index (χ4n) is 3.96. The van der Waals surface area contributed by atoms with Crippen LogP contribution in [0.15, 0.2) is 59.5 Å². The quantitative estimate of drug-likeness (QED) is 0.446. The predicted molar refractivity (Wildman–Crippen MR) is 114 cm³/mol.